The van der Waals surface area contributed by atoms with Crippen LogP contribution in [-0.2, 0) is 0 Å². The summed E-state index contributed by atoms with van der Waals surface area (Å²) in [4.78, 5) is 0. The maximum absolute atomic E-state index is 6.01. The molecule has 0 aliphatic heterocycles. The summed E-state index contributed by atoms with van der Waals surface area (Å²) in [6.07, 6.45) is 0. The van der Waals surface area contributed by atoms with Crippen LogP contribution in [0.25, 0.3) is 0 Å². The van der Waals surface area contributed by atoms with Crippen molar-refractivity contribution in [1.29, 1.82) is 0 Å². The third-order valence-corrected chi connectivity index (χ3v) is 3.68. The van der Waals surface area contributed by atoms with E-state index >= 15 is 0 Å². The Hall–Kier alpha value is -0.900. The second-order valence-corrected chi connectivity index (χ2v) is 5.18. The van der Waals surface area contributed by atoms with Gasteiger partial charge in [-0.15, -0.1) is 0 Å². The zero-order valence-electron chi connectivity index (χ0n) is 8.68. The highest BCUT2D eigenvalue weighted by molar-refractivity contribution is 9.10. The van der Waals surface area contributed by atoms with Gasteiger partial charge in [0.05, 0.1) is 16.4 Å². The van der Waals surface area contributed by atoms with Gasteiger partial charge in [0.2, 0.25) is 0 Å². The van der Waals surface area contributed by atoms with E-state index in [9.17, 15) is 0 Å². The van der Waals surface area contributed by atoms with Crippen LogP contribution in [0.3, 0.4) is 0 Å². The minimum Gasteiger partial charge on any atom is -0.397 e. The molecule has 2 rings (SSSR count). The summed E-state index contributed by atoms with van der Waals surface area (Å²) in [7, 11) is 0. The molecule has 0 fully saturated rings. The van der Waals surface area contributed by atoms with Gasteiger partial charge < -0.3 is 11.1 Å². The highest BCUT2D eigenvalue weighted by Crippen LogP contribution is 2.30. The average molecular weight is 332 g/mol. The second kappa shape index (κ2) is 5.17. The lowest BCUT2D eigenvalue weighted by atomic mass is 10.2. The fourth-order valence-electron chi connectivity index (χ4n) is 1.38. The third-order valence-electron chi connectivity index (χ3n) is 2.21. The second-order valence-electron chi connectivity index (χ2n) is 3.49. The third kappa shape index (κ3) is 3.06. The maximum Gasteiger partial charge on any atom is 0.0618 e. The average Bonchev–Trinajstić information content (AvgIpc) is 2.27. The van der Waals surface area contributed by atoms with Crippen LogP contribution in [0.4, 0.5) is 17.1 Å². The minimum absolute atomic E-state index is 0.594. The zero-order valence-corrected chi connectivity index (χ0v) is 11.8. The van der Waals surface area contributed by atoms with Crippen LogP contribution in [-0.4, -0.2) is 0 Å². The Morgan fingerprint density at radius 1 is 1.06 bits per heavy atom. The Labute approximate surface area is 118 Å². The van der Waals surface area contributed by atoms with Crippen LogP contribution >= 0.6 is 39.1 Å². The highest BCUT2D eigenvalue weighted by atomic mass is 79.9. The predicted molar refractivity (Wildman–Crippen MR) is 78.3 cm³/mol. The Morgan fingerprint density at radius 2 is 1.82 bits per heavy atom. The molecule has 2 aromatic carbocycles. The molecule has 0 bridgehead atoms. The predicted octanol–water partition coefficient (Wildman–Crippen LogP) is 5.08. The molecule has 0 aliphatic rings. The summed E-state index contributed by atoms with van der Waals surface area (Å²) in [6.45, 7) is 0. The number of nitrogens with one attached hydrogen (secondary N) is 1. The fraction of sp³-hybridized carbons (Fsp3) is 0. The lowest BCUT2D eigenvalue weighted by Gasteiger charge is -2.10. The van der Waals surface area contributed by atoms with E-state index in [1.165, 1.54) is 0 Å². The van der Waals surface area contributed by atoms with Crippen LogP contribution in [0.15, 0.2) is 40.9 Å². The largest absolute Gasteiger partial charge is 0.397 e. The van der Waals surface area contributed by atoms with Crippen molar-refractivity contribution in [3.63, 3.8) is 0 Å². The van der Waals surface area contributed by atoms with Crippen molar-refractivity contribution in [2.75, 3.05) is 11.1 Å². The van der Waals surface area contributed by atoms with Crippen LogP contribution in [0.5, 0.6) is 0 Å². The van der Waals surface area contributed by atoms with Crippen molar-refractivity contribution in [3.8, 4) is 0 Å². The van der Waals surface area contributed by atoms with E-state index in [0.717, 1.165) is 15.8 Å². The summed E-state index contributed by atoms with van der Waals surface area (Å²) in [5.41, 5.74) is 8.11. The van der Waals surface area contributed by atoms with E-state index in [1.807, 2.05) is 24.3 Å². The number of rotatable bonds is 2. The van der Waals surface area contributed by atoms with E-state index in [2.05, 4.69) is 21.2 Å². The summed E-state index contributed by atoms with van der Waals surface area (Å²) in [5, 5.41) is 4.43. The molecule has 3 N–H and O–H groups in total. The van der Waals surface area contributed by atoms with Crippen LogP contribution in [0, 0.1) is 0 Å². The molecule has 17 heavy (non-hydrogen) atoms. The molecule has 0 spiro atoms. The van der Waals surface area contributed by atoms with Gasteiger partial charge in [0, 0.05) is 15.2 Å². The van der Waals surface area contributed by atoms with Gasteiger partial charge in [0.1, 0.15) is 0 Å². The van der Waals surface area contributed by atoms with Crippen molar-refractivity contribution in [1.82, 2.24) is 0 Å². The molecule has 0 atom stereocenters. The quantitative estimate of drug-likeness (QED) is 0.753. The van der Waals surface area contributed by atoms with E-state index < -0.39 is 0 Å². The standard InChI is InChI=1S/C12H9BrCl2N2/c13-9-3-2-8(6-10(9)15)17-12-4-1-7(14)5-11(12)16/h1-6,17H,16H2. The molecule has 0 saturated heterocycles. The van der Waals surface area contributed by atoms with Crippen molar-refractivity contribution < 1.29 is 0 Å². The summed E-state index contributed by atoms with van der Waals surface area (Å²) >= 11 is 15.2. The molecule has 2 aromatic rings. The minimum atomic E-state index is 0.594. The van der Waals surface area contributed by atoms with Gasteiger partial charge in [-0.2, -0.15) is 0 Å². The van der Waals surface area contributed by atoms with Crippen molar-refractivity contribution in [2.24, 2.45) is 0 Å². The summed E-state index contributed by atoms with van der Waals surface area (Å²) in [5.74, 6) is 0. The molecule has 2 nitrogen and oxygen atoms in total. The first-order chi connectivity index (χ1) is 8.06. The van der Waals surface area contributed by atoms with Gasteiger partial charge in [0.25, 0.3) is 0 Å². The van der Waals surface area contributed by atoms with Crippen molar-refractivity contribution in [2.45, 2.75) is 0 Å². The lowest BCUT2D eigenvalue weighted by Crippen LogP contribution is -1.96. The van der Waals surface area contributed by atoms with Crippen molar-refractivity contribution in [3.05, 3.63) is 50.9 Å². The Kier molecular flexibility index (Phi) is 3.82. The number of hydrogen-bond acceptors (Lipinski definition) is 2. The number of nitrogens with two attached hydrogens (primary N) is 1. The van der Waals surface area contributed by atoms with Crippen molar-refractivity contribution >= 4 is 56.2 Å². The molecule has 0 aliphatic carbocycles. The number of hydrogen-bond donors (Lipinski definition) is 2. The van der Waals surface area contributed by atoms with Gasteiger partial charge in [-0.1, -0.05) is 23.2 Å². The molecule has 0 heterocycles. The normalized spacial score (nSPS) is 10.3. The molecular weight excluding hydrogens is 323 g/mol. The van der Waals surface area contributed by atoms with E-state index in [-0.39, 0.29) is 0 Å². The van der Waals surface area contributed by atoms with E-state index in [4.69, 9.17) is 28.9 Å². The Bertz CT molecular complexity index is 558. The molecule has 0 radical (unpaired) electrons. The van der Waals surface area contributed by atoms with Gasteiger partial charge in [0.15, 0.2) is 0 Å². The van der Waals surface area contributed by atoms with Crippen LogP contribution in [0.1, 0.15) is 0 Å². The topological polar surface area (TPSA) is 38.0 Å². The first-order valence-electron chi connectivity index (χ1n) is 4.83. The van der Waals surface area contributed by atoms with E-state index in [0.29, 0.717) is 15.7 Å². The maximum atomic E-state index is 6.01. The van der Waals surface area contributed by atoms with Crippen LogP contribution in [0.2, 0.25) is 10.0 Å². The number of halogens is 3. The summed E-state index contributed by atoms with van der Waals surface area (Å²) in [6, 6.07) is 10.9. The number of anilines is 3. The molecule has 88 valence electrons. The monoisotopic (exact) mass is 330 g/mol. The number of nitrogen functional groups attached to an aromatic ring is 1. The highest BCUT2D eigenvalue weighted by Gasteiger charge is 2.02. The van der Waals surface area contributed by atoms with Crippen LogP contribution < -0.4 is 11.1 Å². The molecule has 0 saturated carbocycles. The molecule has 0 amide bonds. The molecule has 5 heteroatoms. The Balaban J connectivity index is 2.28. The number of benzene rings is 2. The first-order valence-corrected chi connectivity index (χ1v) is 6.38. The summed E-state index contributed by atoms with van der Waals surface area (Å²) < 4.78 is 0.855. The van der Waals surface area contributed by atoms with Gasteiger partial charge in [-0.3, -0.25) is 0 Å². The SMILES string of the molecule is Nc1cc(Cl)ccc1Nc1ccc(Br)c(Cl)c1. The Morgan fingerprint density at radius 3 is 2.47 bits per heavy atom. The van der Waals surface area contributed by atoms with Gasteiger partial charge in [-0.25, -0.2) is 0 Å². The van der Waals surface area contributed by atoms with Gasteiger partial charge >= 0.3 is 0 Å². The zero-order chi connectivity index (χ0) is 12.4. The molecular formula is C12H9BrCl2N2. The molecule has 0 aromatic heterocycles. The smallest absolute Gasteiger partial charge is 0.0618 e. The lowest BCUT2D eigenvalue weighted by molar-refractivity contribution is 1.53. The fourth-order valence-corrected chi connectivity index (χ4v) is 1.98. The first kappa shape index (κ1) is 12.6. The molecule has 0 unspecified atom stereocenters. The van der Waals surface area contributed by atoms with Gasteiger partial charge in [-0.05, 0) is 52.3 Å². The van der Waals surface area contributed by atoms with E-state index in [1.54, 1.807) is 12.1 Å².